The van der Waals surface area contributed by atoms with E-state index in [2.05, 4.69) is 10.3 Å². The molecule has 0 saturated heterocycles. The summed E-state index contributed by atoms with van der Waals surface area (Å²) in [6, 6.07) is 4.22. The molecule has 2 atom stereocenters. The van der Waals surface area contributed by atoms with E-state index < -0.39 is 0 Å². The van der Waals surface area contributed by atoms with Gasteiger partial charge in [-0.1, -0.05) is 0 Å². The van der Waals surface area contributed by atoms with Crippen LogP contribution in [-0.2, 0) is 4.74 Å². The highest BCUT2D eigenvalue weighted by Crippen LogP contribution is 2.24. The second kappa shape index (κ2) is 5.16. The minimum absolute atomic E-state index is 0.309. The standard InChI is InChI=1S/C12H18N2O2/c1-15-9-6-7-12(13-8-9)14-10-4-3-5-11(10)16-2/h6-8,10-11H,3-5H2,1-2H3,(H,13,14). The summed E-state index contributed by atoms with van der Waals surface area (Å²) in [5.41, 5.74) is 0. The predicted octanol–water partition coefficient (Wildman–Crippen LogP) is 2.07. The Kier molecular flexibility index (Phi) is 3.62. The third-order valence-corrected chi connectivity index (χ3v) is 3.06. The molecule has 16 heavy (non-hydrogen) atoms. The maximum atomic E-state index is 5.43. The summed E-state index contributed by atoms with van der Waals surface area (Å²) in [5, 5.41) is 3.40. The highest BCUT2D eigenvalue weighted by Gasteiger charge is 2.26. The highest BCUT2D eigenvalue weighted by molar-refractivity contribution is 5.39. The Balaban J connectivity index is 1.97. The van der Waals surface area contributed by atoms with Crippen molar-refractivity contribution in [3.8, 4) is 5.75 Å². The van der Waals surface area contributed by atoms with E-state index in [1.54, 1.807) is 20.4 Å². The maximum Gasteiger partial charge on any atom is 0.137 e. The molecule has 4 heteroatoms. The van der Waals surface area contributed by atoms with E-state index in [1.807, 2.05) is 12.1 Å². The molecule has 1 heterocycles. The molecule has 0 aliphatic heterocycles. The van der Waals surface area contributed by atoms with Crippen molar-refractivity contribution in [1.82, 2.24) is 4.98 Å². The first-order chi connectivity index (χ1) is 7.83. The van der Waals surface area contributed by atoms with Gasteiger partial charge in [-0.05, 0) is 31.4 Å². The molecule has 1 aliphatic rings. The number of nitrogens with one attached hydrogen (secondary N) is 1. The SMILES string of the molecule is COc1ccc(NC2CCCC2OC)nc1. The van der Waals surface area contributed by atoms with Crippen LogP contribution in [-0.4, -0.2) is 31.3 Å². The van der Waals surface area contributed by atoms with Gasteiger partial charge < -0.3 is 14.8 Å². The predicted molar refractivity (Wildman–Crippen MR) is 62.8 cm³/mol. The summed E-state index contributed by atoms with van der Waals surface area (Å²) in [4.78, 5) is 4.29. The van der Waals surface area contributed by atoms with Crippen LogP contribution in [0.15, 0.2) is 18.3 Å². The van der Waals surface area contributed by atoms with E-state index in [4.69, 9.17) is 9.47 Å². The average molecular weight is 222 g/mol. The lowest BCUT2D eigenvalue weighted by molar-refractivity contribution is 0.101. The molecule has 1 aromatic rings. The van der Waals surface area contributed by atoms with Crippen molar-refractivity contribution in [1.29, 1.82) is 0 Å². The molecular formula is C12H18N2O2. The molecule has 0 spiro atoms. The zero-order valence-corrected chi connectivity index (χ0v) is 9.77. The summed E-state index contributed by atoms with van der Waals surface area (Å²) in [6.45, 7) is 0. The first-order valence-corrected chi connectivity index (χ1v) is 5.63. The molecule has 0 radical (unpaired) electrons. The smallest absolute Gasteiger partial charge is 0.137 e. The summed E-state index contributed by atoms with van der Waals surface area (Å²) >= 11 is 0. The van der Waals surface area contributed by atoms with Crippen LogP contribution in [0.5, 0.6) is 5.75 Å². The van der Waals surface area contributed by atoms with Gasteiger partial charge in [0.2, 0.25) is 0 Å². The monoisotopic (exact) mass is 222 g/mol. The molecule has 1 N–H and O–H groups in total. The number of pyridine rings is 1. The molecule has 2 unspecified atom stereocenters. The molecule has 0 amide bonds. The summed E-state index contributed by atoms with van der Waals surface area (Å²) in [5.74, 6) is 1.66. The van der Waals surface area contributed by atoms with Crippen LogP contribution in [0, 0.1) is 0 Å². The van der Waals surface area contributed by atoms with Crippen LogP contribution in [0.3, 0.4) is 0 Å². The quantitative estimate of drug-likeness (QED) is 0.847. The maximum absolute atomic E-state index is 5.43. The van der Waals surface area contributed by atoms with Gasteiger partial charge in [-0.25, -0.2) is 4.98 Å². The molecule has 1 aromatic heterocycles. The molecule has 1 aliphatic carbocycles. The molecule has 2 rings (SSSR count). The van der Waals surface area contributed by atoms with Gasteiger partial charge in [0.1, 0.15) is 11.6 Å². The Morgan fingerprint density at radius 2 is 2.19 bits per heavy atom. The second-order valence-electron chi connectivity index (χ2n) is 4.04. The van der Waals surface area contributed by atoms with E-state index in [0.29, 0.717) is 12.1 Å². The summed E-state index contributed by atoms with van der Waals surface area (Å²) < 4.78 is 10.5. The van der Waals surface area contributed by atoms with Crippen LogP contribution in [0.1, 0.15) is 19.3 Å². The molecule has 4 nitrogen and oxygen atoms in total. The fraction of sp³-hybridized carbons (Fsp3) is 0.583. The van der Waals surface area contributed by atoms with Gasteiger partial charge in [0, 0.05) is 7.11 Å². The minimum Gasteiger partial charge on any atom is -0.495 e. The largest absolute Gasteiger partial charge is 0.495 e. The number of anilines is 1. The van der Waals surface area contributed by atoms with Gasteiger partial charge in [-0.15, -0.1) is 0 Å². The average Bonchev–Trinajstić information content (AvgIpc) is 2.77. The number of methoxy groups -OCH3 is 2. The normalized spacial score (nSPS) is 24.4. The molecule has 1 saturated carbocycles. The Morgan fingerprint density at radius 3 is 2.81 bits per heavy atom. The summed E-state index contributed by atoms with van der Waals surface area (Å²) in [7, 11) is 3.41. The van der Waals surface area contributed by atoms with Gasteiger partial charge in [0.05, 0.1) is 25.5 Å². The minimum atomic E-state index is 0.309. The van der Waals surface area contributed by atoms with Crippen molar-refractivity contribution in [3.05, 3.63) is 18.3 Å². The number of ether oxygens (including phenoxy) is 2. The first kappa shape index (κ1) is 11.2. The van der Waals surface area contributed by atoms with Gasteiger partial charge in [0.25, 0.3) is 0 Å². The van der Waals surface area contributed by atoms with E-state index in [1.165, 1.54) is 6.42 Å². The lowest BCUT2D eigenvalue weighted by Crippen LogP contribution is -2.30. The van der Waals surface area contributed by atoms with Gasteiger partial charge in [-0.3, -0.25) is 0 Å². The van der Waals surface area contributed by atoms with Crippen molar-refractivity contribution in [2.24, 2.45) is 0 Å². The van der Waals surface area contributed by atoms with Crippen LogP contribution in [0.2, 0.25) is 0 Å². The highest BCUT2D eigenvalue weighted by atomic mass is 16.5. The number of rotatable bonds is 4. The van der Waals surface area contributed by atoms with Crippen molar-refractivity contribution in [3.63, 3.8) is 0 Å². The van der Waals surface area contributed by atoms with Gasteiger partial charge in [-0.2, -0.15) is 0 Å². The van der Waals surface area contributed by atoms with E-state index in [0.717, 1.165) is 24.4 Å². The molecule has 1 fully saturated rings. The second-order valence-corrected chi connectivity index (χ2v) is 4.04. The fourth-order valence-corrected chi connectivity index (χ4v) is 2.15. The molecule has 0 bridgehead atoms. The molecule has 88 valence electrons. The van der Waals surface area contributed by atoms with Crippen molar-refractivity contribution in [2.45, 2.75) is 31.4 Å². The Labute approximate surface area is 96.0 Å². The van der Waals surface area contributed by atoms with E-state index in [9.17, 15) is 0 Å². The number of hydrogen-bond acceptors (Lipinski definition) is 4. The van der Waals surface area contributed by atoms with Crippen LogP contribution >= 0.6 is 0 Å². The number of aromatic nitrogens is 1. The van der Waals surface area contributed by atoms with Crippen LogP contribution in [0.4, 0.5) is 5.82 Å². The van der Waals surface area contributed by atoms with Crippen LogP contribution in [0.25, 0.3) is 0 Å². The fourth-order valence-electron chi connectivity index (χ4n) is 2.15. The number of nitrogens with zero attached hydrogens (tertiary/aromatic N) is 1. The lowest BCUT2D eigenvalue weighted by Gasteiger charge is -2.20. The Bertz CT molecular complexity index is 326. The van der Waals surface area contributed by atoms with E-state index >= 15 is 0 Å². The topological polar surface area (TPSA) is 43.4 Å². The van der Waals surface area contributed by atoms with E-state index in [-0.39, 0.29) is 0 Å². The zero-order chi connectivity index (χ0) is 11.4. The van der Waals surface area contributed by atoms with Gasteiger partial charge in [0.15, 0.2) is 0 Å². The third-order valence-electron chi connectivity index (χ3n) is 3.06. The first-order valence-electron chi connectivity index (χ1n) is 5.63. The number of hydrogen-bond donors (Lipinski definition) is 1. The summed E-state index contributed by atoms with van der Waals surface area (Å²) in [6.07, 6.45) is 5.52. The van der Waals surface area contributed by atoms with Crippen molar-refractivity contribution < 1.29 is 9.47 Å². The Morgan fingerprint density at radius 1 is 1.31 bits per heavy atom. The Hall–Kier alpha value is -1.29. The lowest BCUT2D eigenvalue weighted by atomic mass is 10.2. The molecular weight excluding hydrogens is 204 g/mol. The van der Waals surface area contributed by atoms with Crippen molar-refractivity contribution >= 4 is 5.82 Å². The third kappa shape index (κ3) is 2.44. The zero-order valence-electron chi connectivity index (χ0n) is 9.77. The molecule has 0 aromatic carbocycles. The van der Waals surface area contributed by atoms with Gasteiger partial charge >= 0.3 is 0 Å². The van der Waals surface area contributed by atoms with Crippen LogP contribution < -0.4 is 10.1 Å². The van der Waals surface area contributed by atoms with Crippen molar-refractivity contribution in [2.75, 3.05) is 19.5 Å².